The largest absolute Gasteiger partial charge is 0.459 e. The molecule has 1 fully saturated rings. The Hall–Kier alpha value is -2.86. The fourth-order valence-electron chi connectivity index (χ4n) is 3.60. The smallest absolute Gasteiger partial charge is 0.291 e. The van der Waals surface area contributed by atoms with Crippen molar-refractivity contribution in [2.45, 2.75) is 31.2 Å². The normalized spacial score (nSPS) is 14.7. The Morgan fingerprint density at radius 3 is 2.31 bits per heavy atom. The van der Waals surface area contributed by atoms with Crippen LogP contribution in [0.2, 0.25) is 0 Å². The van der Waals surface area contributed by atoms with Crippen LogP contribution in [0.5, 0.6) is 0 Å². The van der Waals surface area contributed by atoms with E-state index in [4.69, 9.17) is 4.42 Å². The van der Waals surface area contributed by atoms with Crippen molar-refractivity contribution < 1.29 is 14.0 Å². The summed E-state index contributed by atoms with van der Waals surface area (Å²) in [5.41, 5.74) is 2.30. The molecule has 1 aromatic heterocycles. The summed E-state index contributed by atoms with van der Waals surface area (Å²) in [7, 11) is 0. The molecular weight excluding hydrogens is 432 g/mol. The topological polar surface area (TPSA) is 71.3 Å². The van der Waals surface area contributed by atoms with Gasteiger partial charge in [0.2, 0.25) is 5.91 Å². The van der Waals surface area contributed by atoms with Gasteiger partial charge < -0.3 is 15.1 Å². The third-order valence-electron chi connectivity index (χ3n) is 5.45. The number of anilines is 1. The number of amides is 2. The molecule has 3 aromatic rings. The van der Waals surface area contributed by atoms with E-state index in [1.54, 1.807) is 12.1 Å². The molecule has 0 spiro atoms. The lowest BCUT2D eigenvalue weighted by Gasteiger charge is -2.40. The van der Waals surface area contributed by atoms with Crippen LogP contribution in [0.4, 0.5) is 5.69 Å². The molecule has 0 bridgehead atoms. The molecule has 1 saturated carbocycles. The molecule has 1 aliphatic rings. The van der Waals surface area contributed by atoms with Gasteiger partial charge in [-0.25, -0.2) is 0 Å². The fraction of sp³-hybridized carbons (Fsp3) is 0.217. The summed E-state index contributed by atoms with van der Waals surface area (Å²) in [6.45, 7) is 0.448. The van der Waals surface area contributed by atoms with Crippen LogP contribution in [0.1, 0.15) is 40.9 Å². The number of carbonyl (C=O) groups is 2. The van der Waals surface area contributed by atoms with E-state index in [1.165, 1.54) is 6.26 Å². The summed E-state index contributed by atoms with van der Waals surface area (Å²) in [5.74, 6) is 0.0406. The molecule has 4 rings (SSSR count). The van der Waals surface area contributed by atoms with Gasteiger partial charge in [-0.15, -0.1) is 0 Å². The summed E-state index contributed by atoms with van der Waals surface area (Å²) < 4.78 is 6.09. The van der Waals surface area contributed by atoms with Gasteiger partial charge in [0, 0.05) is 16.7 Å². The van der Waals surface area contributed by atoms with Gasteiger partial charge >= 0.3 is 0 Å². The lowest BCUT2D eigenvalue weighted by Crippen LogP contribution is -2.48. The van der Waals surface area contributed by atoms with E-state index < -0.39 is 5.41 Å². The van der Waals surface area contributed by atoms with E-state index in [1.807, 2.05) is 48.5 Å². The third kappa shape index (κ3) is 4.12. The van der Waals surface area contributed by atoms with Crippen molar-refractivity contribution in [2.75, 3.05) is 5.32 Å². The highest BCUT2D eigenvalue weighted by Gasteiger charge is 2.45. The summed E-state index contributed by atoms with van der Waals surface area (Å²) in [4.78, 5) is 25.0. The molecule has 0 radical (unpaired) electrons. The molecule has 1 heterocycles. The standard InChI is InChI=1S/C23H21BrN2O3/c24-18-8-6-17(7-9-18)23(12-2-13-23)22(28)25-15-16-4-10-19(11-5-16)26-21(27)20-3-1-14-29-20/h1,3-11,14H,2,12-13,15H2,(H,25,28)(H,26,27). The minimum Gasteiger partial charge on any atom is -0.459 e. The maximum Gasteiger partial charge on any atom is 0.291 e. The van der Waals surface area contributed by atoms with Gasteiger partial charge in [0.15, 0.2) is 5.76 Å². The second-order valence-electron chi connectivity index (χ2n) is 7.25. The number of benzene rings is 2. The van der Waals surface area contributed by atoms with Gasteiger partial charge in [0.1, 0.15) is 0 Å². The number of hydrogen-bond acceptors (Lipinski definition) is 3. The van der Waals surface area contributed by atoms with Crippen LogP contribution in [-0.2, 0) is 16.8 Å². The van der Waals surface area contributed by atoms with Crippen LogP contribution in [-0.4, -0.2) is 11.8 Å². The number of carbonyl (C=O) groups excluding carboxylic acids is 2. The zero-order chi connectivity index (χ0) is 20.3. The van der Waals surface area contributed by atoms with Crippen molar-refractivity contribution >= 4 is 33.4 Å². The molecule has 0 saturated heterocycles. The van der Waals surface area contributed by atoms with Crippen LogP contribution < -0.4 is 10.6 Å². The molecule has 0 unspecified atom stereocenters. The van der Waals surface area contributed by atoms with Crippen molar-refractivity contribution in [1.82, 2.24) is 5.32 Å². The Bertz CT molecular complexity index is 992. The first-order valence-electron chi connectivity index (χ1n) is 9.55. The first-order chi connectivity index (χ1) is 14.1. The molecular formula is C23H21BrN2O3. The maximum atomic E-state index is 13.0. The average molecular weight is 453 g/mol. The summed E-state index contributed by atoms with van der Waals surface area (Å²) in [5, 5.41) is 5.87. The molecule has 6 heteroatoms. The number of furan rings is 1. The van der Waals surface area contributed by atoms with Gasteiger partial charge in [0.25, 0.3) is 5.91 Å². The monoisotopic (exact) mass is 452 g/mol. The van der Waals surface area contributed by atoms with Gasteiger partial charge in [0.05, 0.1) is 11.7 Å². The molecule has 2 aromatic carbocycles. The van der Waals surface area contributed by atoms with Crippen LogP contribution in [0, 0.1) is 0 Å². The van der Waals surface area contributed by atoms with Crippen LogP contribution >= 0.6 is 15.9 Å². The number of halogens is 1. The van der Waals surface area contributed by atoms with Crippen LogP contribution in [0.25, 0.3) is 0 Å². The van der Waals surface area contributed by atoms with Crippen molar-refractivity contribution in [2.24, 2.45) is 0 Å². The first kappa shape index (κ1) is 19.5. The van der Waals surface area contributed by atoms with E-state index in [0.29, 0.717) is 12.2 Å². The second kappa shape index (κ2) is 8.25. The fourth-order valence-corrected chi connectivity index (χ4v) is 3.87. The predicted molar refractivity (Wildman–Crippen MR) is 115 cm³/mol. The van der Waals surface area contributed by atoms with E-state index in [9.17, 15) is 9.59 Å². The van der Waals surface area contributed by atoms with Crippen LogP contribution in [0.3, 0.4) is 0 Å². The zero-order valence-electron chi connectivity index (χ0n) is 15.8. The summed E-state index contributed by atoms with van der Waals surface area (Å²) in [6, 6.07) is 18.7. The highest BCUT2D eigenvalue weighted by atomic mass is 79.9. The lowest BCUT2D eigenvalue weighted by molar-refractivity contribution is -0.130. The molecule has 2 amide bonds. The molecule has 1 aliphatic carbocycles. The Labute approximate surface area is 177 Å². The Balaban J connectivity index is 1.36. The van der Waals surface area contributed by atoms with Gasteiger partial charge in [-0.1, -0.05) is 46.6 Å². The number of rotatable bonds is 6. The second-order valence-corrected chi connectivity index (χ2v) is 8.17. The number of nitrogens with one attached hydrogen (secondary N) is 2. The minimum absolute atomic E-state index is 0.0706. The van der Waals surface area contributed by atoms with E-state index in [-0.39, 0.29) is 17.6 Å². The molecule has 2 N–H and O–H groups in total. The molecule has 29 heavy (non-hydrogen) atoms. The highest BCUT2D eigenvalue weighted by molar-refractivity contribution is 9.10. The van der Waals surface area contributed by atoms with Crippen molar-refractivity contribution in [3.8, 4) is 0 Å². The Morgan fingerprint density at radius 2 is 1.72 bits per heavy atom. The van der Waals surface area contributed by atoms with E-state index in [0.717, 1.165) is 34.9 Å². The quantitative estimate of drug-likeness (QED) is 0.550. The Kier molecular flexibility index (Phi) is 5.53. The van der Waals surface area contributed by atoms with Crippen molar-refractivity contribution in [3.05, 3.63) is 88.3 Å². The lowest BCUT2D eigenvalue weighted by atomic mass is 9.64. The predicted octanol–water partition coefficient (Wildman–Crippen LogP) is 5.03. The van der Waals surface area contributed by atoms with E-state index in [2.05, 4.69) is 26.6 Å². The Morgan fingerprint density at radius 1 is 1.00 bits per heavy atom. The van der Waals surface area contributed by atoms with E-state index >= 15 is 0 Å². The SMILES string of the molecule is O=C(Nc1ccc(CNC(=O)C2(c3ccc(Br)cc3)CCC2)cc1)c1ccco1. The van der Waals surface area contributed by atoms with Crippen LogP contribution in [0.15, 0.2) is 75.8 Å². The highest BCUT2D eigenvalue weighted by Crippen LogP contribution is 2.44. The summed E-state index contributed by atoms with van der Waals surface area (Å²) in [6.07, 6.45) is 4.27. The number of hydrogen-bond donors (Lipinski definition) is 2. The first-order valence-corrected chi connectivity index (χ1v) is 10.3. The van der Waals surface area contributed by atoms with Crippen molar-refractivity contribution in [1.29, 1.82) is 0 Å². The van der Waals surface area contributed by atoms with Gasteiger partial charge in [-0.2, -0.15) is 0 Å². The zero-order valence-corrected chi connectivity index (χ0v) is 17.4. The molecule has 148 valence electrons. The molecule has 5 nitrogen and oxygen atoms in total. The summed E-state index contributed by atoms with van der Waals surface area (Å²) >= 11 is 3.45. The van der Waals surface area contributed by atoms with Crippen molar-refractivity contribution in [3.63, 3.8) is 0 Å². The maximum absolute atomic E-state index is 13.0. The minimum atomic E-state index is -0.419. The third-order valence-corrected chi connectivity index (χ3v) is 5.98. The molecule has 0 aliphatic heterocycles. The van der Waals surface area contributed by atoms with Gasteiger partial charge in [-0.05, 0) is 60.4 Å². The molecule has 0 atom stereocenters. The van der Waals surface area contributed by atoms with Gasteiger partial charge in [-0.3, -0.25) is 9.59 Å². The average Bonchev–Trinajstić information content (AvgIpc) is 3.23.